The molecule has 7 nitrogen and oxygen atoms in total. The van der Waals surface area contributed by atoms with Gasteiger partial charge in [-0.15, -0.1) is 0 Å². The zero-order valence-electron chi connectivity index (χ0n) is 17.1. The maximum Gasteiger partial charge on any atom is 0.332 e. The monoisotopic (exact) mass is 413 g/mol. The molecule has 0 saturated carbocycles. The van der Waals surface area contributed by atoms with Gasteiger partial charge in [0.1, 0.15) is 0 Å². The third-order valence-corrected chi connectivity index (χ3v) is 5.57. The van der Waals surface area contributed by atoms with E-state index in [1.54, 1.807) is 14.0 Å². The molecule has 1 aliphatic rings. The zero-order chi connectivity index (χ0) is 21.0. The molecule has 0 aliphatic carbocycles. The maximum absolute atomic E-state index is 13.2. The molecule has 0 saturated heterocycles. The van der Waals surface area contributed by atoms with Crippen LogP contribution in [0.1, 0.15) is 19.4 Å². The first-order valence-electron chi connectivity index (χ1n) is 9.57. The van der Waals surface area contributed by atoms with Crippen LogP contribution in [-0.2, 0) is 20.1 Å². The molecule has 8 heteroatoms. The molecule has 1 aliphatic heterocycles. The Kier molecular flexibility index (Phi) is 4.65. The normalized spacial score (nSPS) is 16.3. The van der Waals surface area contributed by atoms with E-state index < -0.39 is 0 Å². The molecular formula is C21H24ClN5O2. The van der Waals surface area contributed by atoms with Crippen molar-refractivity contribution in [1.82, 2.24) is 18.7 Å². The smallest absolute Gasteiger partial charge is 0.311 e. The van der Waals surface area contributed by atoms with Gasteiger partial charge < -0.3 is 9.47 Å². The van der Waals surface area contributed by atoms with E-state index >= 15 is 0 Å². The molecule has 152 valence electrons. The molecule has 1 aromatic carbocycles. The molecule has 0 bridgehead atoms. The average Bonchev–Trinajstić information content (AvgIpc) is 3.04. The Bertz CT molecular complexity index is 1270. The first kappa shape index (κ1) is 19.5. The number of anilines is 2. The van der Waals surface area contributed by atoms with Crippen LogP contribution < -0.4 is 16.1 Å². The van der Waals surface area contributed by atoms with Crippen LogP contribution in [0.4, 0.5) is 11.6 Å². The van der Waals surface area contributed by atoms with Gasteiger partial charge in [0.05, 0.1) is 6.54 Å². The lowest BCUT2D eigenvalue weighted by Crippen LogP contribution is -2.40. The van der Waals surface area contributed by atoms with Gasteiger partial charge in [0.15, 0.2) is 11.2 Å². The predicted molar refractivity (Wildman–Crippen MR) is 116 cm³/mol. The van der Waals surface area contributed by atoms with Crippen LogP contribution in [0, 0.1) is 12.8 Å². The van der Waals surface area contributed by atoms with E-state index in [2.05, 4.69) is 18.4 Å². The summed E-state index contributed by atoms with van der Waals surface area (Å²) < 4.78 is 4.60. The van der Waals surface area contributed by atoms with Gasteiger partial charge in [-0.3, -0.25) is 13.9 Å². The summed E-state index contributed by atoms with van der Waals surface area (Å²) in [6.45, 7) is 11.4. The number of benzene rings is 1. The number of allylic oxidation sites excluding steroid dienone is 1. The van der Waals surface area contributed by atoms with Crippen molar-refractivity contribution in [2.75, 3.05) is 11.4 Å². The van der Waals surface area contributed by atoms with Gasteiger partial charge in [-0.25, -0.2) is 4.79 Å². The fourth-order valence-electron chi connectivity index (χ4n) is 3.99. The highest BCUT2D eigenvalue weighted by Gasteiger charge is 2.30. The van der Waals surface area contributed by atoms with E-state index in [-0.39, 0.29) is 23.7 Å². The number of halogens is 1. The molecule has 0 amide bonds. The number of nitrogens with zero attached hydrogens (tertiary/aromatic N) is 5. The Morgan fingerprint density at radius 1 is 1.31 bits per heavy atom. The molecule has 1 atom stereocenters. The molecule has 3 heterocycles. The minimum Gasteiger partial charge on any atom is -0.311 e. The number of hydrogen-bond donors (Lipinski definition) is 0. The second kappa shape index (κ2) is 6.91. The molecule has 0 N–H and O–H groups in total. The highest BCUT2D eigenvalue weighted by molar-refractivity contribution is 6.30. The Morgan fingerprint density at radius 2 is 2.03 bits per heavy atom. The Hall–Kier alpha value is -2.80. The van der Waals surface area contributed by atoms with Gasteiger partial charge in [-0.2, -0.15) is 4.98 Å². The van der Waals surface area contributed by atoms with Crippen LogP contribution >= 0.6 is 11.6 Å². The highest BCUT2D eigenvalue weighted by atomic mass is 35.5. The average molecular weight is 414 g/mol. The minimum absolute atomic E-state index is 0.189. The topological polar surface area (TPSA) is 65.1 Å². The number of aryl methyl sites for hydroxylation is 2. The van der Waals surface area contributed by atoms with E-state index in [1.807, 2.05) is 29.7 Å². The summed E-state index contributed by atoms with van der Waals surface area (Å²) in [4.78, 5) is 32.8. The van der Waals surface area contributed by atoms with Crippen molar-refractivity contribution in [2.24, 2.45) is 13.0 Å². The first-order valence-corrected chi connectivity index (χ1v) is 9.95. The largest absolute Gasteiger partial charge is 0.332 e. The van der Waals surface area contributed by atoms with Gasteiger partial charge >= 0.3 is 5.69 Å². The molecule has 4 rings (SSSR count). The van der Waals surface area contributed by atoms with E-state index in [4.69, 9.17) is 16.6 Å². The number of aromatic nitrogens is 4. The van der Waals surface area contributed by atoms with Crippen molar-refractivity contribution in [3.05, 3.63) is 61.8 Å². The van der Waals surface area contributed by atoms with Gasteiger partial charge in [0.2, 0.25) is 5.95 Å². The molecule has 0 fully saturated rings. The summed E-state index contributed by atoms with van der Waals surface area (Å²) in [5, 5.41) is 0.641. The van der Waals surface area contributed by atoms with Crippen LogP contribution in [0.3, 0.4) is 0 Å². The molecule has 2 aromatic heterocycles. The van der Waals surface area contributed by atoms with Crippen molar-refractivity contribution < 1.29 is 0 Å². The third kappa shape index (κ3) is 3.09. The summed E-state index contributed by atoms with van der Waals surface area (Å²) in [6.07, 6.45) is 0. The number of fused-ring (bicyclic) bond motifs is 3. The molecule has 0 spiro atoms. The van der Waals surface area contributed by atoms with E-state index in [1.165, 1.54) is 9.13 Å². The summed E-state index contributed by atoms with van der Waals surface area (Å²) in [5.41, 5.74) is 2.88. The van der Waals surface area contributed by atoms with Crippen molar-refractivity contribution in [3.8, 4) is 0 Å². The van der Waals surface area contributed by atoms with E-state index in [9.17, 15) is 9.59 Å². The number of rotatable bonds is 3. The summed E-state index contributed by atoms with van der Waals surface area (Å²) in [7, 11) is 1.65. The van der Waals surface area contributed by atoms with Crippen molar-refractivity contribution in [1.29, 1.82) is 0 Å². The molecule has 0 unspecified atom stereocenters. The van der Waals surface area contributed by atoms with Crippen molar-refractivity contribution in [3.63, 3.8) is 0 Å². The second-order valence-corrected chi connectivity index (χ2v) is 8.47. The van der Waals surface area contributed by atoms with Crippen LogP contribution in [0.2, 0.25) is 5.02 Å². The zero-order valence-corrected chi connectivity index (χ0v) is 17.8. The van der Waals surface area contributed by atoms with Crippen LogP contribution in [0.5, 0.6) is 0 Å². The van der Waals surface area contributed by atoms with Gasteiger partial charge in [-0.05, 0) is 37.5 Å². The van der Waals surface area contributed by atoms with Gasteiger partial charge in [-0.1, -0.05) is 36.7 Å². The highest BCUT2D eigenvalue weighted by Crippen LogP contribution is 2.35. The summed E-state index contributed by atoms with van der Waals surface area (Å²) in [5.74, 6) is 0.938. The summed E-state index contributed by atoms with van der Waals surface area (Å²) in [6, 6.07) is 5.74. The Morgan fingerprint density at radius 3 is 2.72 bits per heavy atom. The third-order valence-electron chi connectivity index (χ3n) is 5.33. The molecule has 3 aromatic rings. The van der Waals surface area contributed by atoms with Crippen molar-refractivity contribution >= 4 is 34.4 Å². The van der Waals surface area contributed by atoms with Crippen LogP contribution in [0.25, 0.3) is 11.2 Å². The second-order valence-electron chi connectivity index (χ2n) is 8.03. The summed E-state index contributed by atoms with van der Waals surface area (Å²) >= 11 is 6.26. The number of hydrogen-bond acceptors (Lipinski definition) is 4. The SMILES string of the molecule is C=C(C)Cn1c(=O)c2c(nc3n2C[C@H](C)CN3c2cc(Cl)ccc2C)n(C)c1=O. The number of imidazole rings is 1. The maximum atomic E-state index is 13.2. The van der Waals surface area contributed by atoms with E-state index in [0.29, 0.717) is 28.7 Å². The molecule has 29 heavy (non-hydrogen) atoms. The van der Waals surface area contributed by atoms with Crippen molar-refractivity contribution in [2.45, 2.75) is 33.9 Å². The lowest BCUT2D eigenvalue weighted by molar-refractivity contribution is 0.457. The lowest BCUT2D eigenvalue weighted by atomic mass is 10.1. The van der Waals surface area contributed by atoms with E-state index in [0.717, 1.165) is 23.4 Å². The van der Waals surface area contributed by atoms with Gasteiger partial charge in [0.25, 0.3) is 5.56 Å². The fraction of sp³-hybridized carbons (Fsp3) is 0.381. The van der Waals surface area contributed by atoms with Gasteiger partial charge in [0, 0.05) is 30.8 Å². The molecular weight excluding hydrogens is 390 g/mol. The molecule has 0 radical (unpaired) electrons. The Balaban J connectivity index is 2.04. The standard InChI is InChI=1S/C21H24ClN5O2/c1-12(2)9-27-19(28)17-18(24(5)21(27)29)23-20-25(10-13(3)11-26(17)20)16-8-15(22)7-6-14(16)4/h6-8,13H,1,9-11H2,2-5H3/t13-/m1/s1. The fourth-order valence-corrected chi connectivity index (χ4v) is 4.16. The first-order chi connectivity index (χ1) is 13.7. The quantitative estimate of drug-likeness (QED) is 0.618. The van der Waals surface area contributed by atoms with Crippen LogP contribution in [-0.4, -0.2) is 25.2 Å². The van der Waals surface area contributed by atoms with Crippen LogP contribution in [0.15, 0.2) is 39.9 Å². The Labute approximate surface area is 173 Å². The predicted octanol–water partition coefficient (Wildman–Crippen LogP) is 3.22. The minimum atomic E-state index is -0.389. The lowest BCUT2D eigenvalue weighted by Gasteiger charge is -2.33.